The van der Waals surface area contributed by atoms with Gasteiger partial charge in [-0.1, -0.05) is 30.3 Å². The molecule has 4 rings (SSSR count). The van der Waals surface area contributed by atoms with Crippen LogP contribution in [-0.2, 0) is 58.9 Å². The lowest BCUT2D eigenvalue weighted by Gasteiger charge is -2.23. The summed E-state index contributed by atoms with van der Waals surface area (Å²) < 4.78 is 22.6. The number of amides is 8. The summed E-state index contributed by atoms with van der Waals surface area (Å²) in [4.78, 5) is 98.8. The molecule has 2 saturated heterocycles. The summed E-state index contributed by atoms with van der Waals surface area (Å²) in [6, 6.07) is 7.29. The molecule has 3 aliphatic heterocycles. The lowest BCUT2D eigenvalue weighted by Crippen LogP contribution is -2.52. The van der Waals surface area contributed by atoms with Gasteiger partial charge in [-0.25, -0.2) is 4.79 Å². The van der Waals surface area contributed by atoms with Crippen molar-refractivity contribution in [3.05, 3.63) is 48.0 Å². The summed E-state index contributed by atoms with van der Waals surface area (Å²) in [5.41, 5.74) is 0.0614. The molecule has 0 radical (unpaired) electrons. The highest BCUT2D eigenvalue weighted by atomic mass is 16.6. The molecule has 8 amide bonds. The molecule has 0 aliphatic carbocycles. The van der Waals surface area contributed by atoms with E-state index in [9.17, 15) is 38.4 Å². The number of rotatable bonds is 17. The number of ether oxygens (including phenoxy) is 4. The SMILES string of the molecule is CC(C)(C)OC(=O)N[C@H]1CO[C@H]2[C@@H]1OC[C@H]2OCNC(=O)CNC(=O)[C@H](Cc1ccccc1)NC(=O)CNC(=O)CNC(=O)CCN1C(=O)C=CC1=O. The number of carbonyl (C=O) groups excluding carboxylic acids is 8. The minimum atomic E-state index is -1.11. The monoisotopic (exact) mass is 743 g/mol. The van der Waals surface area contributed by atoms with Crippen LogP contribution in [0.25, 0.3) is 0 Å². The summed E-state index contributed by atoms with van der Waals surface area (Å²) in [6.45, 7) is 3.88. The van der Waals surface area contributed by atoms with Crippen molar-refractivity contribution in [3.63, 3.8) is 0 Å². The number of nitrogens with zero attached hydrogens (tertiary/aromatic N) is 1. The van der Waals surface area contributed by atoms with Crippen LogP contribution in [0.1, 0.15) is 32.8 Å². The van der Waals surface area contributed by atoms with Crippen LogP contribution in [0.15, 0.2) is 42.5 Å². The molecule has 3 aliphatic rings. The Morgan fingerprint density at radius 1 is 0.811 bits per heavy atom. The molecule has 0 unspecified atom stereocenters. The average Bonchev–Trinajstić information content (AvgIpc) is 3.79. The first-order chi connectivity index (χ1) is 25.2. The van der Waals surface area contributed by atoms with E-state index in [2.05, 4.69) is 31.9 Å². The van der Waals surface area contributed by atoms with Gasteiger partial charge in [-0.15, -0.1) is 0 Å². The zero-order valence-corrected chi connectivity index (χ0v) is 29.6. The van der Waals surface area contributed by atoms with E-state index >= 15 is 0 Å². The van der Waals surface area contributed by atoms with Crippen molar-refractivity contribution in [2.45, 2.75) is 69.6 Å². The van der Waals surface area contributed by atoms with Crippen molar-refractivity contribution in [1.29, 1.82) is 0 Å². The topological polar surface area (TPSA) is 249 Å². The average molecular weight is 744 g/mol. The molecule has 0 spiro atoms. The Balaban J connectivity index is 1.15. The quantitative estimate of drug-likeness (QED) is 0.0718. The third kappa shape index (κ3) is 13.0. The largest absolute Gasteiger partial charge is 0.444 e. The van der Waals surface area contributed by atoms with Crippen molar-refractivity contribution in [3.8, 4) is 0 Å². The predicted molar refractivity (Wildman–Crippen MR) is 182 cm³/mol. The number of alkyl carbamates (subject to hydrolysis) is 1. The van der Waals surface area contributed by atoms with E-state index in [1.165, 1.54) is 0 Å². The number of hydrogen-bond donors (Lipinski definition) is 6. The second kappa shape index (κ2) is 18.9. The fourth-order valence-electron chi connectivity index (χ4n) is 5.45. The number of hydrogen-bond acceptors (Lipinski definition) is 12. The number of imide groups is 1. The van der Waals surface area contributed by atoms with Gasteiger partial charge >= 0.3 is 6.09 Å². The standard InChI is InChI=1S/C34H45N7O12/c1-34(2,3)53-33(49)40-22-17-50-31-23(18-51-30(22)31)52-19-38-26(44)15-37-32(48)21(13-20-7-5-4-6-8-20)39-27(45)16-36-25(43)14-35-24(42)11-12-41-28(46)9-10-29(41)47/h4-10,21-23,30-31H,11-19H2,1-3H3,(H,35,42)(H,36,43)(H,37,48)(H,38,44)(H,39,45)(H,40,49)/t21-,22-,23+,30+,31+/m0/s1. The van der Waals surface area contributed by atoms with Gasteiger partial charge in [0.15, 0.2) is 0 Å². The first-order valence-electron chi connectivity index (χ1n) is 17.0. The van der Waals surface area contributed by atoms with E-state index in [1.54, 1.807) is 51.1 Å². The van der Waals surface area contributed by atoms with E-state index in [0.717, 1.165) is 22.6 Å². The highest BCUT2D eigenvalue weighted by Gasteiger charge is 2.49. The van der Waals surface area contributed by atoms with E-state index in [0.29, 0.717) is 0 Å². The summed E-state index contributed by atoms with van der Waals surface area (Å²) in [7, 11) is 0. The van der Waals surface area contributed by atoms with Gasteiger partial charge < -0.3 is 50.8 Å². The van der Waals surface area contributed by atoms with Gasteiger partial charge in [-0.2, -0.15) is 0 Å². The smallest absolute Gasteiger partial charge is 0.408 e. The van der Waals surface area contributed by atoms with E-state index < -0.39 is 103 Å². The van der Waals surface area contributed by atoms with Crippen LogP contribution >= 0.6 is 0 Å². The molecule has 19 nitrogen and oxygen atoms in total. The number of nitrogens with one attached hydrogen (secondary N) is 6. The van der Waals surface area contributed by atoms with E-state index in [-0.39, 0.29) is 39.3 Å². The highest BCUT2D eigenvalue weighted by molar-refractivity contribution is 6.13. The molecule has 2 fully saturated rings. The maximum absolute atomic E-state index is 13.1. The van der Waals surface area contributed by atoms with Gasteiger partial charge in [0, 0.05) is 31.5 Å². The fourth-order valence-corrected chi connectivity index (χ4v) is 5.45. The Labute approximate surface area is 305 Å². The van der Waals surface area contributed by atoms with Crippen molar-refractivity contribution >= 4 is 47.4 Å². The summed E-state index contributed by atoms with van der Waals surface area (Å²) in [6.07, 6.45) is 0.0358. The first-order valence-corrected chi connectivity index (χ1v) is 17.0. The minimum Gasteiger partial charge on any atom is -0.444 e. The Morgan fingerprint density at radius 3 is 2.13 bits per heavy atom. The van der Waals surface area contributed by atoms with Crippen molar-refractivity contribution in [2.75, 3.05) is 46.1 Å². The van der Waals surface area contributed by atoms with Crippen molar-refractivity contribution in [2.24, 2.45) is 0 Å². The Hall–Kier alpha value is -5.40. The summed E-state index contributed by atoms with van der Waals surface area (Å²) >= 11 is 0. The van der Waals surface area contributed by atoms with Crippen LogP contribution in [0.5, 0.6) is 0 Å². The highest BCUT2D eigenvalue weighted by Crippen LogP contribution is 2.29. The first kappa shape index (κ1) is 40.4. The van der Waals surface area contributed by atoms with Crippen molar-refractivity contribution < 1.29 is 57.3 Å². The molecule has 0 aromatic heterocycles. The molecule has 1 aromatic rings. The molecule has 288 valence electrons. The summed E-state index contributed by atoms with van der Waals surface area (Å²) in [5, 5.41) is 15.0. The Morgan fingerprint density at radius 2 is 1.43 bits per heavy atom. The molecule has 1 aromatic carbocycles. The minimum absolute atomic E-state index is 0.0820. The van der Waals surface area contributed by atoms with Crippen LogP contribution in [0, 0.1) is 0 Å². The van der Waals surface area contributed by atoms with Crippen LogP contribution < -0.4 is 31.9 Å². The molecular weight excluding hydrogens is 698 g/mol. The molecular formula is C34H45N7O12. The zero-order chi connectivity index (χ0) is 38.5. The van der Waals surface area contributed by atoms with Crippen LogP contribution in [0.3, 0.4) is 0 Å². The third-order valence-corrected chi connectivity index (χ3v) is 7.99. The maximum atomic E-state index is 13.1. The molecule has 3 heterocycles. The molecule has 6 N–H and O–H groups in total. The predicted octanol–water partition coefficient (Wildman–Crippen LogP) is -2.47. The molecule has 53 heavy (non-hydrogen) atoms. The Bertz CT molecular complexity index is 1550. The van der Waals surface area contributed by atoms with Gasteiger partial charge in [-0.05, 0) is 26.3 Å². The lowest BCUT2D eigenvalue weighted by atomic mass is 10.1. The normalized spacial score (nSPS) is 21.0. The number of fused-ring (bicyclic) bond motifs is 1. The van der Waals surface area contributed by atoms with Gasteiger partial charge in [0.2, 0.25) is 29.5 Å². The van der Waals surface area contributed by atoms with Crippen LogP contribution in [-0.4, -0.2) is 134 Å². The molecule has 19 heteroatoms. The number of benzene rings is 1. The zero-order valence-electron chi connectivity index (χ0n) is 29.6. The lowest BCUT2D eigenvalue weighted by molar-refractivity contribution is -0.137. The van der Waals surface area contributed by atoms with Crippen LogP contribution in [0.2, 0.25) is 0 Å². The van der Waals surface area contributed by atoms with E-state index in [1.807, 2.05) is 0 Å². The van der Waals surface area contributed by atoms with Gasteiger partial charge in [-0.3, -0.25) is 38.5 Å². The fraction of sp³-hybridized carbons (Fsp3) is 0.529. The maximum Gasteiger partial charge on any atom is 0.408 e. The van der Waals surface area contributed by atoms with Gasteiger partial charge in [0.1, 0.15) is 36.7 Å². The van der Waals surface area contributed by atoms with Gasteiger partial charge in [0.05, 0.1) is 38.9 Å². The molecule has 0 saturated carbocycles. The van der Waals surface area contributed by atoms with Crippen LogP contribution in [0.4, 0.5) is 4.79 Å². The third-order valence-electron chi connectivity index (χ3n) is 7.99. The second-order valence-corrected chi connectivity index (χ2v) is 13.3. The second-order valence-electron chi connectivity index (χ2n) is 13.3. The molecule has 0 bridgehead atoms. The summed E-state index contributed by atoms with van der Waals surface area (Å²) in [5.74, 6) is -4.26. The molecule has 5 atom stereocenters. The number of carbonyl (C=O) groups is 8. The Kier molecular flexibility index (Phi) is 14.4. The van der Waals surface area contributed by atoms with Crippen molar-refractivity contribution in [1.82, 2.24) is 36.8 Å². The van der Waals surface area contributed by atoms with E-state index in [4.69, 9.17) is 18.9 Å². The van der Waals surface area contributed by atoms with Gasteiger partial charge in [0.25, 0.3) is 11.8 Å².